The molecule has 3 nitrogen and oxygen atoms in total. The first-order chi connectivity index (χ1) is 9.76. The van der Waals surface area contributed by atoms with Gasteiger partial charge in [-0.15, -0.1) is 0 Å². The number of thioether (sulfide) groups is 1. The number of aromatic nitrogens is 1. The number of nitrogens with one attached hydrogen (secondary N) is 1. The Kier molecular flexibility index (Phi) is 4.64. The standard InChI is InChI=1S/C16H24N2OS/c1-13-2-3-14(11-17-13)12-18-15-4-7-19-16(10-15)5-8-20-9-6-16/h2-3,11,15,18H,4-10,12H2,1H3. The van der Waals surface area contributed by atoms with Crippen molar-refractivity contribution < 1.29 is 4.74 Å². The van der Waals surface area contributed by atoms with Gasteiger partial charge >= 0.3 is 0 Å². The monoisotopic (exact) mass is 292 g/mol. The normalized spacial score (nSPS) is 25.8. The quantitative estimate of drug-likeness (QED) is 0.929. The van der Waals surface area contributed by atoms with Crippen LogP contribution in [0, 0.1) is 6.92 Å². The van der Waals surface area contributed by atoms with E-state index in [9.17, 15) is 0 Å². The minimum atomic E-state index is 0.173. The van der Waals surface area contributed by atoms with Crippen molar-refractivity contribution in [2.24, 2.45) is 0 Å². The van der Waals surface area contributed by atoms with Gasteiger partial charge in [-0.05, 0) is 55.7 Å². The van der Waals surface area contributed by atoms with Gasteiger partial charge in [0.1, 0.15) is 0 Å². The summed E-state index contributed by atoms with van der Waals surface area (Å²) in [5.41, 5.74) is 2.53. The second-order valence-electron chi connectivity index (χ2n) is 6.02. The molecule has 0 aliphatic carbocycles. The SMILES string of the molecule is Cc1ccc(CNC2CCOC3(CCSCC3)C2)cn1. The summed E-state index contributed by atoms with van der Waals surface area (Å²) in [6.07, 6.45) is 6.74. The molecule has 2 fully saturated rings. The van der Waals surface area contributed by atoms with Crippen molar-refractivity contribution in [2.75, 3.05) is 18.1 Å². The maximum absolute atomic E-state index is 6.14. The van der Waals surface area contributed by atoms with Crippen LogP contribution in [0.15, 0.2) is 18.3 Å². The summed E-state index contributed by atoms with van der Waals surface area (Å²) < 4.78 is 6.14. The average Bonchev–Trinajstić information content (AvgIpc) is 2.48. The highest BCUT2D eigenvalue weighted by Crippen LogP contribution is 2.37. The Bertz CT molecular complexity index is 423. The average molecular weight is 292 g/mol. The summed E-state index contributed by atoms with van der Waals surface area (Å²) in [6, 6.07) is 4.84. The largest absolute Gasteiger partial charge is 0.375 e. The van der Waals surface area contributed by atoms with Gasteiger partial charge in [-0.25, -0.2) is 0 Å². The van der Waals surface area contributed by atoms with Crippen LogP contribution in [0.1, 0.15) is 36.9 Å². The Morgan fingerprint density at radius 3 is 3.00 bits per heavy atom. The van der Waals surface area contributed by atoms with Gasteiger partial charge in [-0.3, -0.25) is 4.98 Å². The van der Waals surface area contributed by atoms with Crippen LogP contribution in [-0.2, 0) is 11.3 Å². The third-order valence-electron chi connectivity index (χ3n) is 4.46. The Hall–Kier alpha value is -0.580. The van der Waals surface area contributed by atoms with E-state index in [1.807, 2.05) is 13.1 Å². The van der Waals surface area contributed by atoms with Crippen LogP contribution < -0.4 is 5.32 Å². The highest BCUT2D eigenvalue weighted by atomic mass is 32.2. The molecule has 3 rings (SSSR count). The van der Waals surface area contributed by atoms with Crippen LogP contribution in [0.4, 0.5) is 0 Å². The van der Waals surface area contributed by atoms with Crippen LogP contribution in [0.2, 0.25) is 0 Å². The molecule has 0 bridgehead atoms. The Labute approximate surface area is 125 Å². The number of aryl methyl sites for hydroxylation is 1. The molecule has 20 heavy (non-hydrogen) atoms. The fourth-order valence-corrected chi connectivity index (χ4v) is 4.40. The third-order valence-corrected chi connectivity index (χ3v) is 5.45. The third kappa shape index (κ3) is 3.54. The van der Waals surface area contributed by atoms with Gasteiger partial charge < -0.3 is 10.1 Å². The van der Waals surface area contributed by atoms with Crippen LogP contribution in [-0.4, -0.2) is 34.7 Å². The lowest BCUT2D eigenvalue weighted by atomic mass is 9.85. The van der Waals surface area contributed by atoms with E-state index in [0.717, 1.165) is 25.3 Å². The van der Waals surface area contributed by atoms with Crippen molar-refractivity contribution in [3.05, 3.63) is 29.6 Å². The fourth-order valence-electron chi connectivity index (χ4n) is 3.16. The molecular weight excluding hydrogens is 268 g/mol. The van der Waals surface area contributed by atoms with E-state index >= 15 is 0 Å². The van der Waals surface area contributed by atoms with Crippen molar-refractivity contribution in [2.45, 2.75) is 50.8 Å². The minimum Gasteiger partial charge on any atom is -0.375 e. The zero-order valence-corrected chi connectivity index (χ0v) is 13.0. The molecule has 2 aliphatic heterocycles. The molecule has 4 heteroatoms. The Balaban J connectivity index is 1.53. The highest BCUT2D eigenvalue weighted by Gasteiger charge is 2.38. The lowest BCUT2D eigenvalue weighted by Crippen LogP contribution is -2.48. The second kappa shape index (κ2) is 6.46. The number of rotatable bonds is 3. The number of hydrogen-bond acceptors (Lipinski definition) is 4. The predicted molar refractivity (Wildman–Crippen MR) is 84.1 cm³/mol. The van der Waals surface area contributed by atoms with Crippen molar-refractivity contribution in [1.82, 2.24) is 10.3 Å². The molecule has 0 aromatic carbocycles. The molecular formula is C16H24N2OS. The predicted octanol–water partition coefficient (Wildman–Crippen LogP) is 2.92. The summed E-state index contributed by atoms with van der Waals surface area (Å²) in [5.74, 6) is 2.52. The molecule has 0 radical (unpaired) electrons. The maximum atomic E-state index is 6.14. The van der Waals surface area contributed by atoms with Gasteiger partial charge in [0.05, 0.1) is 5.60 Å². The molecule has 1 unspecified atom stereocenters. The second-order valence-corrected chi connectivity index (χ2v) is 7.25. The molecule has 1 spiro atoms. The Morgan fingerprint density at radius 1 is 1.40 bits per heavy atom. The smallest absolute Gasteiger partial charge is 0.0713 e. The maximum Gasteiger partial charge on any atom is 0.0713 e. The zero-order chi connectivity index (χ0) is 13.8. The number of pyridine rings is 1. The van der Waals surface area contributed by atoms with Crippen molar-refractivity contribution in [1.29, 1.82) is 0 Å². The number of hydrogen-bond donors (Lipinski definition) is 1. The summed E-state index contributed by atoms with van der Waals surface area (Å²) in [7, 11) is 0. The van der Waals surface area contributed by atoms with Crippen molar-refractivity contribution in [3.63, 3.8) is 0 Å². The molecule has 1 aromatic heterocycles. The summed E-state index contributed by atoms with van der Waals surface area (Å²) in [5, 5.41) is 3.70. The summed E-state index contributed by atoms with van der Waals surface area (Å²) >= 11 is 2.07. The van der Waals surface area contributed by atoms with Crippen LogP contribution in [0.3, 0.4) is 0 Å². The lowest BCUT2D eigenvalue weighted by Gasteiger charge is -2.43. The van der Waals surface area contributed by atoms with Gasteiger partial charge in [0, 0.05) is 31.1 Å². The van der Waals surface area contributed by atoms with Gasteiger partial charge in [-0.1, -0.05) is 6.07 Å². The van der Waals surface area contributed by atoms with Crippen LogP contribution in [0.5, 0.6) is 0 Å². The fraction of sp³-hybridized carbons (Fsp3) is 0.688. The molecule has 2 aliphatic rings. The van der Waals surface area contributed by atoms with E-state index in [0.29, 0.717) is 6.04 Å². The first kappa shape index (κ1) is 14.4. The molecule has 0 amide bonds. The van der Waals surface area contributed by atoms with Gasteiger partial charge in [0.2, 0.25) is 0 Å². The van der Waals surface area contributed by atoms with E-state index in [-0.39, 0.29) is 5.60 Å². The van der Waals surface area contributed by atoms with Crippen LogP contribution >= 0.6 is 11.8 Å². The van der Waals surface area contributed by atoms with Gasteiger partial charge in [-0.2, -0.15) is 11.8 Å². The van der Waals surface area contributed by atoms with E-state index < -0.39 is 0 Å². The molecule has 3 heterocycles. The Morgan fingerprint density at radius 2 is 2.25 bits per heavy atom. The molecule has 1 aromatic rings. The van der Waals surface area contributed by atoms with E-state index in [1.54, 1.807) is 0 Å². The number of nitrogens with zero attached hydrogens (tertiary/aromatic N) is 1. The van der Waals surface area contributed by atoms with Crippen LogP contribution in [0.25, 0.3) is 0 Å². The topological polar surface area (TPSA) is 34.1 Å². The van der Waals surface area contributed by atoms with E-state index in [1.165, 1.54) is 36.3 Å². The number of ether oxygens (including phenoxy) is 1. The lowest BCUT2D eigenvalue weighted by molar-refractivity contribution is -0.0933. The molecule has 110 valence electrons. The molecule has 1 atom stereocenters. The van der Waals surface area contributed by atoms with Crippen molar-refractivity contribution in [3.8, 4) is 0 Å². The zero-order valence-electron chi connectivity index (χ0n) is 12.2. The first-order valence-electron chi connectivity index (χ1n) is 7.62. The van der Waals surface area contributed by atoms with E-state index in [4.69, 9.17) is 4.74 Å². The molecule has 1 N–H and O–H groups in total. The minimum absolute atomic E-state index is 0.173. The van der Waals surface area contributed by atoms with E-state index in [2.05, 4.69) is 34.2 Å². The van der Waals surface area contributed by atoms with Gasteiger partial charge in [0.25, 0.3) is 0 Å². The first-order valence-corrected chi connectivity index (χ1v) is 8.78. The summed E-state index contributed by atoms with van der Waals surface area (Å²) in [4.78, 5) is 4.36. The summed E-state index contributed by atoms with van der Waals surface area (Å²) in [6.45, 7) is 3.86. The molecule has 2 saturated heterocycles. The molecule has 0 saturated carbocycles. The highest BCUT2D eigenvalue weighted by molar-refractivity contribution is 7.99. The van der Waals surface area contributed by atoms with Crippen molar-refractivity contribution >= 4 is 11.8 Å². The van der Waals surface area contributed by atoms with Gasteiger partial charge in [0.15, 0.2) is 0 Å².